The molecule has 0 saturated heterocycles. The van der Waals surface area contributed by atoms with Crippen LogP contribution >= 0.6 is 0 Å². The van der Waals surface area contributed by atoms with Gasteiger partial charge in [-0.2, -0.15) is 0 Å². The van der Waals surface area contributed by atoms with Gasteiger partial charge in [-0.3, -0.25) is 9.59 Å². The lowest BCUT2D eigenvalue weighted by Crippen LogP contribution is -2.62. The molecular formula is C27H32O3. The number of hydrogen-bond donors (Lipinski definition) is 0. The molecule has 1 aromatic carbocycles. The molecule has 3 heteroatoms. The quantitative estimate of drug-likeness (QED) is 0.473. The Morgan fingerprint density at radius 2 is 1.63 bits per heavy atom. The molecule has 3 nitrogen and oxygen atoms in total. The highest BCUT2D eigenvalue weighted by Gasteiger charge is 2.71. The minimum Gasteiger partial charge on any atom is -0.497 e. The van der Waals surface area contributed by atoms with E-state index in [4.69, 9.17) is 4.74 Å². The zero-order valence-corrected chi connectivity index (χ0v) is 18.7. The maximum absolute atomic E-state index is 13.3. The number of fused-ring (bicyclic) bond motifs is 1. The molecule has 2 saturated carbocycles. The van der Waals surface area contributed by atoms with Crippen molar-refractivity contribution in [3.05, 3.63) is 47.6 Å². The second-order valence-corrected chi connectivity index (χ2v) is 11.0. The van der Waals surface area contributed by atoms with Gasteiger partial charge in [0.1, 0.15) is 5.75 Å². The topological polar surface area (TPSA) is 43.4 Å². The molecule has 5 aliphatic rings. The number of benzene rings is 1. The molecule has 0 radical (unpaired) electrons. The van der Waals surface area contributed by atoms with Crippen molar-refractivity contribution in [3.8, 4) is 5.75 Å². The van der Waals surface area contributed by atoms with Crippen molar-refractivity contribution in [2.24, 2.45) is 34.0 Å². The van der Waals surface area contributed by atoms with Gasteiger partial charge in [-0.15, -0.1) is 0 Å². The molecule has 158 valence electrons. The molecule has 0 amide bonds. The van der Waals surface area contributed by atoms with Crippen LogP contribution in [0.5, 0.6) is 5.75 Å². The summed E-state index contributed by atoms with van der Waals surface area (Å²) in [6, 6.07) is 8.31. The van der Waals surface area contributed by atoms with E-state index in [0.29, 0.717) is 0 Å². The van der Waals surface area contributed by atoms with Crippen LogP contribution in [0.25, 0.3) is 5.57 Å². The maximum Gasteiger partial charge on any atom is 0.206 e. The van der Waals surface area contributed by atoms with Crippen molar-refractivity contribution < 1.29 is 14.3 Å². The van der Waals surface area contributed by atoms with E-state index < -0.39 is 0 Å². The summed E-state index contributed by atoms with van der Waals surface area (Å²) < 4.78 is 5.36. The van der Waals surface area contributed by atoms with E-state index in [0.717, 1.165) is 25.0 Å². The first kappa shape index (κ1) is 19.8. The lowest BCUT2D eigenvalue weighted by molar-refractivity contribution is -0.158. The first-order chi connectivity index (χ1) is 14.1. The summed E-state index contributed by atoms with van der Waals surface area (Å²) in [7, 11) is 1.68. The second kappa shape index (κ2) is 6.18. The fraction of sp³-hybridized carbons (Fsp3) is 0.556. The Morgan fingerprint density at radius 1 is 0.967 bits per heavy atom. The van der Waals surface area contributed by atoms with Gasteiger partial charge in [0, 0.05) is 10.8 Å². The first-order valence-electron chi connectivity index (χ1n) is 11.3. The van der Waals surface area contributed by atoms with Crippen LogP contribution in [0.4, 0.5) is 0 Å². The molecule has 0 unspecified atom stereocenters. The summed E-state index contributed by atoms with van der Waals surface area (Å²) in [6.45, 7) is 8.89. The van der Waals surface area contributed by atoms with Crippen LogP contribution in [0.2, 0.25) is 0 Å². The van der Waals surface area contributed by atoms with Crippen molar-refractivity contribution in [1.29, 1.82) is 0 Å². The molecule has 2 fully saturated rings. The van der Waals surface area contributed by atoms with Crippen molar-refractivity contribution in [2.45, 2.75) is 53.4 Å². The summed E-state index contributed by atoms with van der Waals surface area (Å²) in [5.41, 5.74) is 3.34. The Morgan fingerprint density at radius 3 is 2.27 bits per heavy atom. The predicted molar refractivity (Wildman–Crippen MR) is 118 cm³/mol. The second-order valence-electron chi connectivity index (χ2n) is 11.0. The standard InChI is InChI=1S/C27H32O3/c1-25(2,3)19-15-21-23(28)24(29)22(19)20-14-18(16-8-10-17(30-5)11-9-16)26(4)12-6-7-13-27(20,21)26/h8-11,14-15,20-22H,6-7,12-13H2,1-5H3/t20-,21+,22+,26+,27-/m0/s1. The van der Waals surface area contributed by atoms with Gasteiger partial charge in [-0.25, -0.2) is 0 Å². The van der Waals surface area contributed by atoms with Crippen LogP contribution in [0.15, 0.2) is 42.0 Å². The number of methoxy groups -OCH3 is 1. The molecule has 0 aromatic heterocycles. The molecule has 6 rings (SSSR count). The van der Waals surface area contributed by atoms with Crippen LogP contribution in [0, 0.1) is 34.0 Å². The molecule has 0 heterocycles. The minimum atomic E-state index is -0.296. The number of Topliss-reactive ketones (excluding diaryl/α,β-unsaturated/α-hetero) is 2. The third-order valence-corrected chi connectivity index (χ3v) is 8.75. The molecule has 30 heavy (non-hydrogen) atoms. The van der Waals surface area contributed by atoms with E-state index in [9.17, 15) is 9.59 Å². The van der Waals surface area contributed by atoms with Gasteiger partial charge in [-0.1, -0.05) is 70.4 Å². The van der Waals surface area contributed by atoms with E-state index in [1.165, 1.54) is 23.1 Å². The zero-order chi connectivity index (χ0) is 21.5. The fourth-order valence-corrected chi connectivity index (χ4v) is 7.38. The molecule has 5 aliphatic carbocycles. The van der Waals surface area contributed by atoms with Crippen LogP contribution in [0.1, 0.15) is 58.9 Å². The Bertz CT molecular complexity index is 990. The average Bonchev–Trinajstić information content (AvgIpc) is 3.01. The third-order valence-electron chi connectivity index (χ3n) is 8.75. The number of carbonyl (C=O) groups excluding carboxylic acids is 2. The Balaban J connectivity index is 1.72. The van der Waals surface area contributed by atoms with E-state index in [1.807, 2.05) is 12.1 Å². The number of ether oxygens (including phenoxy) is 1. The number of carbonyl (C=O) groups is 2. The number of rotatable bonds is 2. The van der Waals surface area contributed by atoms with Crippen LogP contribution in [-0.2, 0) is 9.59 Å². The van der Waals surface area contributed by atoms with Gasteiger partial charge in [-0.05, 0) is 47.4 Å². The van der Waals surface area contributed by atoms with E-state index in [-0.39, 0.29) is 45.6 Å². The largest absolute Gasteiger partial charge is 0.497 e. The predicted octanol–water partition coefficient (Wildman–Crippen LogP) is 5.65. The Hall–Kier alpha value is -2.16. The van der Waals surface area contributed by atoms with Gasteiger partial charge in [0.05, 0.1) is 18.9 Å². The summed E-state index contributed by atoms with van der Waals surface area (Å²) in [5, 5.41) is 0. The highest BCUT2D eigenvalue weighted by molar-refractivity contribution is 6.41. The summed E-state index contributed by atoms with van der Waals surface area (Å²) in [4.78, 5) is 26.5. The Labute approximate surface area is 179 Å². The van der Waals surface area contributed by atoms with E-state index in [2.05, 4.69) is 52.0 Å². The van der Waals surface area contributed by atoms with Crippen LogP contribution in [0.3, 0.4) is 0 Å². The van der Waals surface area contributed by atoms with Crippen molar-refractivity contribution in [2.75, 3.05) is 7.11 Å². The van der Waals surface area contributed by atoms with Crippen LogP contribution in [-0.4, -0.2) is 18.7 Å². The highest BCUT2D eigenvalue weighted by atomic mass is 16.5. The van der Waals surface area contributed by atoms with Crippen molar-refractivity contribution in [3.63, 3.8) is 0 Å². The smallest absolute Gasteiger partial charge is 0.206 e. The van der Waals surface area contributed by atoms with Gasteiger partial charge in [0.25, 0.3) is 0 Å². The van der Waals surface area contributed by atoms with Crippen molar-refractivity contribution >= 4 is 17.1 Å². The lowest BCUT2D eigenvalue weighted by Gasteiger charge is -2.61. The molecule has 5 atom stereocenters. The van der Waals surface area contributed by atoms with Gasteiger partial charge in [0.2, 0.25) is 11.6 Å². The average molecular weight is 405 g/mol. The third kappa shape index (κ3) is 2.27. The summed E-state index contributed by atoms with van der Waals surface area (Å²) in [5.74, 6) is 0.0990. The molecule has 1 aromatic rings. The van der Waals surface area contributed by atoms with Gasteiger partial charge >= 0.3 is 0 Å². The fourth-order valence-electron chi connectivity index (χ4n) is 7.38. The monoisotopic (exact) mass is 404 g/mol. The molecule has 2 bridgehead atoms. The Kier molecular flexibility index (Phi) is 4.08. The maximum atomic E-state index is 13.3. The van der Waals surface area contributed by atoms with Gasteiger partial charge in [0.15, 0.2) is 0 Å². The zero-order valence-electron chi connectivity index (χ0n) is 18.7. The summed E-state index contributed by atoms with van der Waals surface area (Å²) in [6.07, 6.45) is 9.03. The van der Waals surface area contributed by atoms with Crippen LogP contribution < -0.4 is 4.74 Å². The first-order valence-corrected chi connectivity index (χ1v) is 11.3. The number of hydrogen-bond acceptors (Lipinski definition) is 3. The SMILES string of the molecule is COc1ccc(C2=C[C@H]3[C@@H]4C(=O)C(=O)[C@@H](C=C4C(C)(C)C)[C@]34CCCC[C@]24C)cc1. The normalized spacial score (nSPS) is 37.4. The van der Waals surface area contributed by atoms with E-state index >= 15 is 0 Å². The van der Waals surface area contributed by atoms with Crippen molar-refractivity contribution in [1.82, 2.24) is 0 Å². The van der Waals surface area contributed by atoms with Gasteiger partial charge < -0.3 is 4.74 Å². The molecule has 1 spiro atoms. The molecular weight excluding hydrogens is 372 g/mol. The highest BCUT2D eigenvalue weighted by Crippen LogP contribution is 2.74. The number of allylic oxidation sites excluding steroid dienone is 4. The molecule has 0 aliphatic heterocycles. The van der Waals surface area contributed by atoms with E-state index in [1.54, 1.807) is 7.11 Å². The summed E-state index contributed by atoms with van der Waals surface area (Å²) >= 11 is 0. The number of ketones is 2. The minimum absolute atomic E-state index is 0.0936. The molecule has 0 N–H and O–H groups in total. The lowest BCUT2D eigenvalue weighted by atomic mass is 9.40.